The van der Waals surface area contributed by atoms with Crippen molar-refractivity contribution in [2.24, 2.45) is 11.7 Å². The van der Waals surface area contributed by atoms with Crippen LogP contribution in [0, 0.1) is 5.92 Å². The molecule has 1 aliphatic heterocycles. The van der Waals surface area contributed by atoms with E-state index in [4.69, 9.17) is 5.73 Å². The normalized spacial score (nSPS) is 21.8. The lowest BCUT2D eigenvalue weighted by molar-refractivity contribution is -0.145. The van der Waals surface area contributed by atoms with Crippen LogP contribution in [0.3, 0.4) is 0 Å². The van der Waals surface area contributed by atoms with E-state index in [1.165, 1.54) is 0 Å². The maximum Gasteiger partial charge on any atom is 0.311 e. The van der Waals surface area contributed by atoms with Crippen molar-refractivity contribution in [3.8, 4) is 0 Å². The maximum absolute atomic E-state index is 11.4. The zero-order chi connectivity index (χ0) is 11.4. The zero-order valence-corrected chi connectivity index (χ0v) is 9.40. The fourth-order valence-electron chi connectivity index (χ4n) is 2.07. The van der Waals surface area contributed by atoms with Gasteiger partial charge >= 0.3 is 11.8 Å². The van der Waals surface area contributed by atoms with Crippen molar-refractivity contribution in [1.29, 1.82) is 0 Å². The average molecular weight is 213 g/mol. The highest BCUT2D eigenvalue weighted by atomic mass is 16.2. The Hall–Kier alpha value is -1.10. The molecule has 15 heavy (non-hydrogen) atoms. The Kier molecular flexibility index (Phi) is 4.08. The molecule has 1 atom stereocenters. The number of nitrogens with two attached hydrogens (primary N) is 1. The Morgan fingerprint density at radius 3 is 2.67 bits per heavy atom. The molecule has 0 saturated carbocycles. The van der Waals surface area contributed by atoms with Gasteiger partial charge in [-0.05, 0) is 32.9 Å². The summed E-state index contributed by atoms with van der Waals surface area (Å²) >= 11 is 0. The van der Waals surface area contributed by atoms with E-state index in [-0.39, 0.29) is 0 Å². The van der Waals surface area contributed by atoms with Crippen LogP contribution in [-0.4, -0.2) is 55.3 Å². The lowest BCUT2D eigenvalue weighted by Crippen LogP contribution is -2.47. The van der Waals surface area contributed by atoms with E-state index in [0.717, 1.165) is 19.4 Å². The van der Waals surface area contributed by atoms with E-state index in [1.807, 2.05) is 14.1 Å². The minimum Gasteiger partial charge on any atom is -0.361 e. The lowest BCUT2D eigenvalue weighted by atomic mass is 9.97. The van der Waals surface area contributed by atoms with E-state index in [9.17, 15) is 9.59 Å². The van der Waals surface area contributed by atoms with Crippen molar-refractivity contribution in [2.45, 2.75) is 12.8 Å². The number of likely N-dealkylation sites (tertiary alicyclic amines) is 1. The summed E-state index contributed by atoms with van der Waals surface area (Å²) in [6, 6.07) is 0. The molecule has 0 bridgehead atoms. The third-order valence-electron chi connectivity index (χ3n) is 2.64. The number of nitrogens with zero attached hydrogens (tertiary/aromatic N) is 2. The van der Waals surface area contributed by atoms with Crippen LogP contribution in [0.5, 0.6) is 0 Å². The third-order valence-corrected chi connectivity index (χ3v) is 2.64. The number of rotatable bonds is 2. The highest BCUT2D eigenvalue weighted by Gasteiger charge is 2.26. The first-order valence-electron chi connectivity index (χ1n) is 5.24. The summed E-state index contributed by atoms with van der Waals surface area (Å²) in [5.41, 5.74) is 4.97. The lowest BCUT2D eigenvalue weighted by Gasteiger charge is -2.33. The Balaban J connectivity index is 2.48. The standard InChI is InChI=1S/C10H19N3O2/c1-12(2)6-8-4-3-5-13(7-8)10(15)9(11)14/h8H,3-7H2,1-2H3,(H2,11,14). The summed E-state index contributed by atoms with van der Waals surface area (Å²) in [5.74, 6) is -0.934. The molecule has 0 aromatic carbocycles. The van der Waals surface area contributed by atoms with Gasteiger partial charge in [0.2, 0.25) is 0 Å². The van der Waals surface area contributed by atoms with Crippen LogP contribution < -0.4 is 5.73 Å². The van der Waals surface area contributed by atoms with Crippen LogP contribution >= 0.6 is 0 Å². The second-order valence-corrected chi connectivity index (χ2v) is 4.39. The van der Waals surface area contributed by atoms with E-state index in [0.29, 0.717) is 19.0 Å². The number of hydrogen-bond donors (Lipinski definition) is 1. The molecule has 1 unspecified atom stereocenters. The maximum atomic E-state index is 11.4. The summed E-state index contributed by atoms with van der Waals surface area (Å²) in [7, 11) is 4.02. The van der Waals surface area contributed by atoms with E-state index in [2.05, 4.69) is 4.90 Å². The van der Waals surface area contributed by atoms with Gasteiger partial charge in [0.25, 0.3) is 0 Å². The first-order valence-corrected chi connectivity index (χ1v) is 5.24. The molecule has 1 heterocycles. The first kappa shape index (κ1) is 12.0. The van der Waals surface area contributed by atoms with E-state index < -0.39 is 11.8 Å². The number of carbonyl (C=O) groups is 2. The molecule has 0 spiro atoms. The number of carbonyl (C=O) groups excluding carboxylic acids is 2. The van der Waals surface area contributed by atoms with Crippen molar-refractivity contribution in [2.75, 3.05) is 33.7 Å². The van der Waals surface area contributed by atoms with Crippen LogP contribution in [0.15, 0.2) is 0 Å². The van der Waals surface area contributed by atoms with Gasteiger partial charge < -0.3 is 15.5 Å². The fourth-order valence-corrected chi connectivity index (χ4v) is 2.07. The molecule has 5 nitrogen and oxygen atoms in total. The number of hydrogen-bond acceptors (Lipinski definition) is 3. The quantitative estimate of drug-likeness (QED) is 0.615. The third kappa shape index (κ3) is 3.51. The van der Waals surface area contributed by atoms with Crippen molar-refractivity contribution in [1.82, 2.24) is 9.80 Å². The fraction of sp³-hybridized carbons (Fsp3) is 0.800. The predicted molar refractivity (Wildman–Crippen MR) is 57.1 cm³/mol. The van der Waals surface area contributed by atoms with Crippen LogP contribution in [0.4, 0.5) is 0 Å². The highest BCUT2D eigenvalue weighted by Crippen LogP contribution is 2.16. The molecular formula is C10H19N3O2. The van der Waals surface area contributed by atoms with Gasteiger partial charge in [-0.2, -0.15) is 0 Å². The predicted octanol–water partition coefficient (Wildman–Crippen LogP) is -0.728. The molecule has 5 heteroatoms. The van der Waals surface area contributed by atoms with Gasteiger partial charge in [-0.1, -0.05) is 0 Å². The first-order chi connectivity index (χ1) is 7.00. The monoisotopic (exact) mass is 213 g/mol. The van der Waals surface area contributed by atoms with Gasteiger partial charge in [0.1, 0.15) is 0 Å². The molecule has 0 radical (unpaired) electrons. The Bertz CT molecular complexity index is 253. The van der Waals surface area contributed by atoms with Crippen molar-refractivity contribution < 1.29 is 9.59 Å². The molecule has 1 fully saturated rings. The van der Waals surface area contributed by atoms with Crippen LogP contribution in [0.1, 0.15) is 12.8 Å². The van der Waals surface area contributed by atoms with Gasteiger partial charge in [-0.15, -0.1) is 0 Å². The molecule has 0 aromatic rings. The van der Waals surface area contributed by atoms with Crippen LogP contribution in [0.25, 0.3) is 0 Å². The van der Waals surface area contributed by atoms with Crippen molar-refractivity contribution >= 4 is 11.8 Å². The second kappa shape index (κ2) is 5.11. The summed E-state index contributed by atoms with van der Waals surface area (Å²) in [6.07, 6.45) is 2.07. The van der Waals surface area contributed by atoms with Gasteiger partial charge in [0, 0.05) is 19.6 Å². The molecule has 1 saturated heterocycles. The summed E-state index contributed by atoms with van der Waals surface area (Å²) in [4.78, 5) is 25.8. The Labute approximate surface area is 90.2 Å². The molecule has 2 amide bonds. The second-order valence-electron chi connectivity index (χ2n) is 4.39. The van der Waals surface area contributed by atoms with Gasteiger partial charge in [-0.25, -0.2) is 0 Å². The SMILES string of the molecule is CN(C)CC1CCCN(C(=O)C(N)=O)C1. The van der Waals surface area contributed by atoms with Gasteiger partial charge in [0.15, 0.2) is 0 Å². The summed E-state index contributed by atoms with van der Waals surface area (Å²) in [6.45, 7) is 2.26. The van der Waals surface area contributed by atoms with E-state index in [1.54, 1.807) is 4.90 Å². The number of amides is 2. The smallest absolute Gasteiger partial charge is 0.311 e. The molecule has 0 aromatic heterocycles. The Morgan fingerprint density at radius 2 is 2.13 bits per heavy atom. The van der Waals surface area contributed by atoms with Crippen LogP contribution in [0.2, 0.25) is 0 Å². The van der Waals surface area contributed by atoms with Crippen molar-refractivity contribution in [3.63, 3.8) is 0 Å². The molecule has 2 N–H and O–H groups in total. The minimum absolute atomic E-state index is 0.456. The van der Waals surface area contributed by atoms with Crippen LogP contribution in [-0.2, 0) is 9.59 Å². The molecule has 86 valence electrons. The molecule has 1 aliphatic rings. The molecule has 0 aliphatic carbocycles. The summed E-state index contributed by atoms with van der Waals surface area (Å²) < 4.78 is 0. The Morgan fingerprint density at radius 1 is 1.47 bits per heavy atom. The molecule has 1 rings (SSSR count). The number of primary amides is 1. The summed E-state index contributed by atoms with van der Waals surface area (Å²) in [5, 5.41) is 0. The topological polar surface area (TPSA) is 66.6 Å². The van der Waals surface area contributed by atoms with Crippen molar-refractivity contribution in [3.05, 3.63) is 0 Å². The number of piperidine rings is 1. The largest absolute Gasteiger partial charge is 0.361 e. The van der Waals surface area contributed by atoms with Gasteiger partial charge in [-0.3, -0.25) is 9.59 Å². The molecular weight excluding hydrogens is 194 g/mol. The van der Waals surface area contributed by atoms with Gasteiger partial charge in [0.05, 0.1) is 0 Å². The zero-order valence-electron chi connectivity index (χ0n) is 9.40. The average Bonchev–Trinajstić information content (AvgIpc) is 2.16. The highest BCUT2D eigenvalue weighted by molar-refractivity contribution is 6.34. The minimum atomic E-state index is -0.847. The van der Waals surface area contributed by atoms with E-state index >= 15 is 0 Å².